The predicted octanol–water partition coefficient (Wildman–Crippen LogP) is 2.37. The standard InChI is InChI=1S/C10H14INO2/c1-6-7(2)14-8(3)9(6)10(13)12-5-4-11/h4-5H2,1-3H3,(H,12,13). The Hall–Kier alpha value is -0.520. The monoisotopic (exact) mass is 307 g/mol. The summed E-state index contributed by atoms with van der Waals surface area (Å²) in [6.45, 7) is 6.30. The van der Waals surface area contributed by atoms with Gasteiger partial charge in [-0.2, -0.15) is 0 Å². The first-order valence-corrected chi connectivity index (χ1v) is 6.01. The lowest BCUT2D eigenvalue weighted by molar-refractivity contribution is 0.0954. The van der Waals surface area contributed by atoms with Crippen LogP contribution in [0.25, 0.3) is 0 Å². The molecule has 0 aliphatic heterocycles. The molecule has 0 fully saturated rings. The van der Waals surface area contributed by atoms with Crippen LogP contribution in [0.4, 0.5) is 0 Å². The molecule has 0 saturated heterocycles. The molecule has 1 aromatic rings. The van der Waals surface area contributed by atoms with Gasteiger partial charge >= 0.3 is 0 Å². The third kappa shape index (κ3) is 2.29. The molecule has 0 spiro atoms. The quantitative estimate of drug-likeness (QED) is 0.688. The van der Waals surface area contributed by atoms with Gasteiger partial charge in [-0.25, -0.2) is 0 Å². The number of rotatable bonds is 3. The largest absolute Gasteiger partial charge is 0.466 e. The van der Waals surface area contributed by atoms with E-state index in [1.165, 1.54) is 0 Å². The van der Waals surface area contributed by atoms with Gasteiger partial charge in [-0.1, -0.05) is 22.6 Å². The smallest absolute Gasteiger partial charge is 0.255 e. The molecule has 0 unspecified atom stereocenters. The average Bonchev–Trinajstić information content (AvgIpc) is 2.38. The van der Waals surface area contributed by atoms with Crippen molar-refractivity contribution in [2.24, 2.45) is 0 Å². The third-order valence-corrected chi connectivity index (χ3v) is 2.71. The summed E-state index contributed by atoms with van der Waals surface area (Å²) in [6.07, 6.45) is 0. The van der Waals surface area contributed by atoms with Crippen LogP contribution < -0.4 is 5.32 Å². The van der Waals surface area contributed by atoms with Crippen molar-refractivity contribution in [2.75, 3.05) is 11.0 Å². The molecule has 0 atom stereocenters. The summed E-state index contributed by atoms with van der Waals surface area (Å²) < 4.78 is 6.30. The fourth-order valence-electron chi connectivity index (χ4n) is 1.38. The van der Waals surface area contributed by atoms with Crippen molar-refractivity contribution in [1.29, 1.82) is 0 Å². The summed E-state index contributed by atoms with van der Waals surface area (Å²) in [4.78, 5) is 11.7. The summed E-state index contributed by atoms with van der Waals surface area (Å²) in [6, 6.07) is 0. The minimum atomic E-state index is -0.0338. The van der Waals surface area contributed by atoms with Gasteiger partial charge in [0.2, 0.25) is 0 Å². The number of carbonyl (C=O) groups is 1. The van der Waals surface area contributed by atoms with E-state index in [1.807, 2.05) is 20.8 Å². The van der Waals surface area contributed by atoms with Gasteiger partial charge in [-0.05, 0) is 20.8 Å². The number of halogens is 1. The molecular formula is C10H14INO2. The number of alkyl halides is 1. The van der Waals surface area contributed by atoms with E-state index in [9.17, 15) is 4.79 Å². The summed E-state index contributed by atoms with van der Waals surface area (Å²) in [5.74, 6) is 1.49. The van der Waals surface area contributed by atoms with Gasteiger partial charge in [-0.3, -0.25) is 4.79 Å². The van der Waals surface area contributed by atoms with E-state index >= 15 is 0 Å². The molecule has 0 radical (unpaired) electrons. The van der Waals surface area contributed by atoms with Crippen molar-refractivity contribution in [3.05, 3.63) is 22.6 Å². The first-order valence-electron chi connectivity index (χ1n) is 4.48. The van der Waals surface area contributed by atoms with Gasteiger partial charge < -0.3 is 9.73 Å². The van der Waals surface area contributed by atoms with E-state index in [4.69, 9.17) is 4.42 Å². The van der Waals surface area contributed by atoms with Crippen molar-refractivity contribution < 1.29 is 9.21 Å². The Morgan fingerprint density at radius 2 is 2.00 bits per heavy atom. The van der Waals surface area contributed by atoms with Gasteiger partial charge in [-0.15, -0.1) is 0 Å². The lowest BCUT2D eigenvalue weighted by Gasteiger charge is -2.02. The molecule has 78 valence electrons. The Morgan fingerprint density at radius 3 is 2.43 bits per heavy atom. The van der Waals surface area contributed by atoms with E-state index in [0.717, 1.165) is 15.8 Å². The normalized spacial score (nSPS) is 10.3. The molecule has 0 saturated carbocycles. The molecule has 0 aliphatic rings. The fraction of sp³-hybridized carbons (Fsp3) is 0.500. The molecule has 1 rings (SSSR count). The van der Waals surface area contributed by atoms with Crippen LogP contribution in [0.3, 0.4) is 0 Å². The second-order valence-corrected chi connectivity index (χ2v) is 4.24. The molecule has 4 heteroatoms. The molecule has 1 amide bonds. The van der Waals surface area contributed by atoms with Gasteiger partial charge in [0, 0.05) is 16.5 Å². The number of hydrogen-bond donors (Lipinski definition) is 1. The van der Waals surface area contributed by atoms with Gasteiger partial charge in [0.05, 0.1) is 5.56 Å². The van der Waals surface area contributed by atoms with Crippen molar-refractivity contribution in [1.82, 2.24) is 5.32 Å². The number of amides is 1. The first kappa shape index (κ1) is 11.6. The van der Waals surface area contributed by atoms with Crippen molar-refractivity contribution in [3.63, 3.8) is 0 Å². The van der Waals surface area contributed by atoms with Crippen LogP contribution in [0.5, 0.6) is 0 Å². The highest BCUT2D eigenvalue weighted by Crippen LogP contribution is 2.20. The Labute approximate surface area is 97.4 Å². The number of aryl methyl sites for hydroxylation is 2. The summed E-state index contributed by atoms with van der Waals surface area (Å²) in [5.41, 5.74) is 1.63. The highest BCUT2D eigenvalue weighted by molar-refractivity contribution is 14.1. The maximum absolute atomic E-state index is 11.7. The van der Waals surface area contributed by atoms with Crippen LogP contribution in [0.1, 0.15) is 27.4 Å². The molecule has 3 nitrogen and oxygen atoms in total. The van der Waals surface area contributed by atoms with Crippen LogP contribution in [0.15, 0.2) is 4.42 Å². The van der Waals surface area contributed by atoms with E-state index in [-0.39, 0.29) is 5.91 Å². The molecule has 1 heterocycles. The van der Waals surface area contributed by atoms with E-state index in [2.05, 4.69) is 27.9 Å². The van der Waals surface area contributed by atoms with Crippen LogP contribution in [-0.2, 0) is 0 Å². The Balaban J connectivity index is 2.89. The van der Waals surface area contributed by atoms with E-state index in [1.54, 1.807) is 0 Å². The number of hydrogen-bond acceptors (Lipinski definition) is 2. The van der Waals surface area contributed by atoms with E-state index in [0.29, 0.717) is 17.9 Å². The summed E-state index contributed by atoms with van der Waals surface area (Å²) in [5, 5.41) is 2.84. The van der Waals surface area contributed by atoms with Crippen LogP contribution in [0.2, 0.25) is 0 Å². The highest BCUT2D eigenvalue weighted by Gasteiger charge is 2.17. The minimum absolute atomic E-state index is 0.0338. The van der Waals surface area contributed by atoms with Gasteiger partial charge in [0.1, 0.15) is 11.5 Å². The number of furan rings is 1. The molecule has 1 aromatic heterocycles. The zero-order valence-corrected chi connectivity index (χ0v) is 10.8. The Bertz CT molecular complexity index is 344. The number of carbonyl (C=O) groups excluding carboxylic acids is 1. The highest BCUT2D eigenvalue weighted by atomic mass is 127. The molecule has 0 bridgehead atoms. The zero-order valence-electron chi connectivity index (χ0n) is 8.61. The SMILES string of the molecule is Cc1oc(C)c(C(=O)NCCI)c1C. The number of nitrogens with one attached hydrogen (secondary N) is 1. The van der Waals surface area contributed by atoms with Gasteiger partial charge in [0.25, 0.3) is 5.91 Å². The predicted molar refractivity (Wildman–Crippen MR) is 64.1 cm³/mol. The van der Waals surface area contributed by atoms with Crippen LogP contribution in [0, 0.1) is 20.8 Å². The maximum atomic E-state index is 11.7. The first-order chi connectivity index (χ1) is 6.57. The second kappa shape index (κ2) is 4.82. The molecule has 1 N–H and O–H groups in total. The third-order valence-electron chi connectivity index (χ3n) is 2.17. The minimum Gasteiger partial charge on any atom is -0.466 e. The second-order valence-electron chi connectivity index (χ2n) is 3.16. The topological polar surface area (TPSA) is 42.2 Å². The Morgan fingerprint density at radius 1 is 1.36 bits per heavy atom. The lowest BCUT2D eigenvalue weighted by atomic mass is 10.1. The van der Waals surface area contributed by atoms with Crippen molar-refractivity contribution >= 4 is 28.5 Å². The van der Waals surface area contributed by atoms with Gasteiger partial charge in [0.15, 0.2) is 0 Å². The molecule has 0 aromatic carbocycles. The summed E-state index contributed by atoms with van der Waals surface area (Å²) in [7, 11) is 0. The lowest BCUT2D eigenvalue weighted by Crippen LogP contribution is -2.25. The maximum Gasteiger partial charge on any atom is 0.255 e. The van der Waals surface area contributed by atoms with E-state index < -0.39 is 0 Å². The van der Waals surface area contributed by atoms with Crippen LogP contribution in [-0.4, -0.2) is 16.9 Å². The molecular weight excluding hydrogens is 293 g/mol. The fourth-order valence-corrected chi connectivity index (χ4v) is 1.65. The molecule has 0 aliphatic carbocycles. The molecule has 14 heavy (non-hydrogen) atoms. The van der Waals surface area contributed by atoms with Crippen molar-refractivity contribution in [2.45, 2.75) is 20.8 Å². The van der Waals surface area contributed by atoms with Crippen LogP contribution >= 0.6 is 22.6 Å². The Kier molecular flexibility index (Phi) is 3.97. The zero-order chi connectivity index (χ0) is 10.7. The van der Waals surface area contributed by atoms with Crippen molar-refractivity contribution in [3.8, 4) is 0 Å². The average molecular weight is 307 g/mol. The summed E-state index contributed by atoms with van der Waals surface area (Å²) >= 11 is 2.22.